The van der Waals surface area contributed by atoms with Crippen LogP contribution in [0.2, 0.25) is 0 Å². The van der Waals surface area contributed by atoms with Crippen LogP contribution in [-0.4, -0.2) is 15.6 Å². The number of carbonyl (C=O) groups is 1. The van der Waals surface area contributed by atoms with Gasteiger partial charge in [-0.1, -0.05) is 6.92 Å². The van der Waals surface area contributed by atoms with Crippen LogP contribution in [0.1, 0.15) is 37.8 Å². The molecule has 0 spiro atoms. The molecule has 1 N–H and O–H groups in total. The van der Waals surface area contributed by atoms with E-state index in [0.717, 1.165) is 24.4 Å². The first-order chi connectivity index (χ1) is 8.01. The van der Waals surface area contributed by atoms with Crippen molar-refractivity contribution in [3.05, 3.63) is 17.7 Å². The number of carboxylic acids is 1. The molecule has 1 aromatic heterocycles. The Morgan fingerprint density at radius 2 is 2.35 bits per heavy atom. The lowest BCUT2D eigenvalue weighted by molar-refractivity contribution is -0.712. The van der Waals surface area contributed by atoms with Crippen molar-refractivity contribution in [3.8, 4) is 6.07 Å². The summed E-state index contributed by atoms with van der Waals surface area (Å²) >= 11 is 0. The number of hydrogen-bond acceptors (Lipinski definition) is 2. The second kappa shape index (κ2) is 5.48. The Kier molecular flexibility index (Phi) is 4.27. The van der Waals surface area contributed by atoms with E-state index in [9.17, 15) is 4.79 Å². The fraction of sp³-hybridized carbons (Fsp3) is 0.583. The summed E-state index contributed by atoms with van der Waals surface area (Å²) in [5.41, 5.74) is 0.967. The molecule has 0 radical (unpaired) electrons. The van der Waals surface area contributed by atoms with Crippen molar-refractivity contribution in [2.45, 2.75) is 46.2 Å². The Morgan fingerprint density at radius 1 is 1.71 bits per heavy atom. The van der Waals surface area contributed by atoms with Gasteiger partial charge in [-0.2, -0.15) is 5.26 Å². The number of hydrogen-bond donors (Lipinski definition) is 1. The van der Waals surface area contributed by atoms with Crippen LogP contribution in [0.5, 0.6) is 0 Å². The molecule has 1 rings (SSSR count). The van der Waals surface area contributed by atoms with Gasteiger partial charge in [0, 0.05) is 13.3 Å². The number of aliphatic carboxylic acids is 1. The van der Waals surface area contributed by atoms with Gasteiger partial charge in [-0.25, -0.2) is 13.9 Å². The predicted molar refractivity (Wildman–Crippen MR) is 61.3 cm³/mol. The maximum absolute atomic E-state index is 10.8. The second-order valence-corrected chi connectivity index (χ2v) is 4.11. The van der Waals surface area contributed by atoms with E-state index in [0.29, 0.717) is 0 Å². The Morgan fingerprint density at radius 3 is 2.82 bits per heavy atom. The maximum atomic E-state index is 10.8. The zero-order chi connectivity index (χ0) is 13.0. The van der Waals surface area contributed by atoms with Gasteiger partial charge >= 0.3 is 5.97 Å². The van der Waals surface area contributed by atoms with Gasteiger partial charge in [0.2, 0.25) is 0 Å². The molecule has 1 atom stereocenters. The summed E-state index contributed by atoms with van der Waals surface area (Å²) in [5, 5.41) is 17.8. The van der Waals surface area contributed by atoms with Crippen LogP contribution >= 0.6 is 0 Å². The Hall–Kier alpha value is -1.83. The number of aromatic nitrogens is 2. The quantitative estimate of drug-likeness (QED) is 0.781. The molecular weight excluding hydrogens is 218 g/mol. The molecule has 0 saturated heterocycles. The van der Waals surface area contributed by atoms with Crippen molar-refractivity contribution in [2.75, 3.05) is 0 Å². The number of imidazole rings is 1. The van der Waals surface area contributed by atoms with Crippen molar-refractivity contribution < 1.29 is 14.5 Å². The molecule has 1 unspecified atom stereocenters. The molecule has 0 bridgehead atoms. The molecule has 17 heavy (non-hydrogen) atoms. The van der Waals surface area contributed by atoms with Crippen molar-refractivity contribution in [2.24, 2.45) is 0 Å². The average Bonchev–Trinajstić information content (AvgIpc) is 2.57. The lowest BCUT2D eigenvalue weighted by atomic mass is 10.2. The molecule has 1 aromatic rings. The highest BCUT2D eigenvalue weighted by Crippen LogP contribution is 2.08. The molecule has 0 saturated carbocycles. The Bertz CT molecular complexity index is 457. The summed E-state index contributed by atoms with van der Waals surface area (Å²) < 4.78 is 3.59. The third-order valence-corrected chi connectivity index (χ3v) is 2.80. The topological polar surface area (TPSA) is 69.9 Å². The van der Waals surface area contributed by atoms with Gasteiger partial charge in [-0.05, 0) is 13.3 Å². The lowest BCUT2D eigenvalue weighted by Gasteiger charge is -2.01. The Labute approximate surface area is 101 Å². The van der Waals surface area contributed by atoms with Gasteiger partial charge in [0.25, 0.3) is 5.82 Å². The molecule has 0 aliphatic carbocycles. The van der Waals surface area contributed by atoms with Gasteiger partial charge in [0.1, 0.15) is 18.0 Å². The first-order valence-electron chi connectivity index (χ1n) is 5.72. The highest BCUT2D eigenvalue weighted by atomic mass is 16.4. The standard InChI is InChI=1S/C12H17N3O2/c1-4-5-11-7-14(9(2)6-13)10(3)15(11)8-12(16)17/h7,9H,4-5,8H2,1-3H3/p+1. The van der Waals surface area contributed by atoms with E-state index in [2.05, 4.69) is 6.07 Å². The lowest BCUT2D eigenvalue weighted by Crippen LogP contribution is -2.38. The smallest absolute Gasteiger partial charge is 0.346 e. The molecular formula is C12H18N3O2+. The SMILES string of the molecule is CCCc1c[n+](C(C)C#N)c(C)n1CC(=O)O. The van der Waals surface area contributed by atoms with E-state index in [1.54, 1.807) is 11.5 Å². The summed E-state index contributed by atoms with van der Waals surface area (Å²) in [6.07, 6.45) is 3.65. The fourth-order valence-corrected chi connectivity index (χ4v) is 1.93. The summed E-state index contributed by atoms with van der Waals surface area (Å²) in [5.74, 6) is -0.0530. The molecule has 0 fully saturated rings. The van der Waals surface area contributed by atoms with E-state index < -0.39 is 5.97 Å². The molecule has 0 amide bonds. The van der Waals surface area contributed by atoms with E-state index >= 15 is 0 Å². The van der Waals surface area contributed by atoms with Gasteiger partial charge in [-0.3, -0.25) is 0 Å². The minimum absolute atomic E-state index is 0.0493. The number of nitriles is 1. The average molecular weight is 236 g/mol. The molecule has 0 aliphatic rings. The zero-order valence-electron chi connectivity index (χ0n) is 10.5. The van der Waals surface area contributed by atoms with Crippen LogP contribution in [-0.2, 0) is 17.8 Å². The van der Waals surface area contributed by atoms with Gasteiger partial charge in [0.05, 0.1) is 0 Å². The van der Waals surface area contributed by atoms with E-state index in [1.165, 1.54) is 0 Å². The summed E-state index contributed by atoms with van der Waals surface area (Å²) in [6, 6.07) is 1.88. The van der Waals surface area contributed by atoms with Crippen LogP contribution in [0, 0.1) is 18.3 Å². The maximum Gasteiger partial charge on any atom is 0.346 e. The van der Waals surface area contributed by atoms with Crippen LogP contribution in [0.25, 0.3) is 0 Å². The van der Waals surface area contributed by atoms with Crippen LogP contribution < -0.4 is 4.57 Å². The minimum atomic E-state index is -0.863. The second-order valence-electron chi connectivity index (χ2n) is 4.11. The minimum Gasteiger partial charge on any atom is -0.478 e. The van der Waals surface area contributed by atoms with E-state index in [-0.39, 0.29) is 12.6 Å². The van der Waals surface area contributed by atoms with Gasteiger partial charge in [-0.15, -0.1) is 0 Å². The van der Waals surface area contributed by atoms with Crippen LogP contribution in [0.3, 0.4) is 0 Å². The third kappa shape index (κ3) is 2.84. The molecule has 0 aromatic carbocycles. The molecule has 1 heterocycles. The number of nitrogens with zero attached hydrogens (tertiary/aromatic N) is 3. The number of carboxylic acid groups (broad SMARTS) is 1. The van der Waals surface area contributed by atoms with Crippen molar-refractivity contribution >= 4 is 5.97 Å². The first kappa shape index (κ1) is 13.2. The Balaban J connectivity index is 3.20. The first-order valence-corrected chi connectivity index (χ1v) is 5.72. The fourth-order valence-electron chi connectivity index (χ4n) is 1.93. The van der Waals surface area contributed by atoms with Crippen molar-refractivity contribution in [1.29, 1.82) is 5.26 Å². The van der Waals surface area contributed by atoms with Gasteiger partial charge in [0.15, 0.2) is 12.6 Å². The number of aryl methyl sites for hydroxylation is 1. The van der Waals surface area contributed by atoms with Crippen molar-refractivity contribution in [3.63, 3.8) is 0 Å². The normalized spacial score (nSPS) is 12.1. The highest BCUT2D eigenvalue weighted by Gasteiger charge is 2.24. The van der Waals surface area contributed by atoms with E-state index in [1.807, 2.05) is 24.6 Å². The summed E-state index contributed by atoms with van der Waals surface area (Å²) in [7, 11) is 0. The van der Waals surface area contributed by atoms with Crippen LogP contribution in [0.4, 0.5) is 0 Å². The summed E-state index contributed by atoms with van der Waals surface area (Å²) in [4.78, 5) is 10.8. The van der Waals surface area contributed by atoms with Crippen molar-refractivity contribution in [1.82, 2.24) is 4.57 Å². The highest BCUT2D eigenvalue weighted by molar-refractivity contribution is 5.66. The largest absolute Gasteiger partial charge is 0.478 e. The number of rotatable bonds is 5. The monoisotopic (exact) mass is 236 g/mol. The zero-order valence-corrected chi connectivity index (χ0v) is 10.5. The molecule has 5 heteroatoms. The van der Waals surface area contributed by atoms with Crippen LogP contribution in [0.15, 0.2) is 6.20 Å². The van der Waals surface area contributed by atoms with Gasteiger partial charge < -0.3 is 5.11 Å². The summed E-state index contributed by atoms with van der Waals surface area (Å²) in [6.45, 7) is 5.64. The molecule has 0 aliphatic heterocycles. The predicted octanol–water partition coefficient (Wildman–Crippen LogP) is 1.21. The molecule has 5 nitrogen and oxygen atoms in total. The third-order valence-electron chi connectivity index (χ3n) is 2.80. The molecule has 92 valence electrons. The van der Waals surface area contributed by atoms with E-state index in [4.69, 9.17) is 10.4 Å².